The molecule has 0 spiro atoms. The van der Waals surface area contributed by atoms with E-state index in [0.717, 1.165) is 22.7 Å². The summed E-state index contributed by atoms with van der Waals surface area (Å²) in [5.74, 6) is 1.72. The summed E-state index contributed by atoms with van der Waals surface area (Å²) < 4.78 is 1.69. The van der Waals surface area contributed by atoms with Gasteiger partial charge < -0.3 is 0 Å². The smallest absolute Gasteiger partial charge is 0.253 e. The Labute approximate surface area is 139 Å². The first-order valence-electron chi connectivity index (χ1n) is 7.53. The lowest BCUT2D eigenvalue weighted by molar-refractivity contribution is 0.102. The van der Waals surface area contributed by atoms with Crippen LogP contribution in [0.2, 0.25) is 0 Å². The fraction of sp³-hybridized carbons (Fsp3) is 0.294. The second kappa shape index (κ2) is 6.50. The van der Waals surface area contributed by atoms with E-state index in [2.05, 4.69) is 22.0 Å². The first kappa shape index (κ1) is 15.7. The van der Waals surface area contributed by atoms with Gasteiger partial charge in [-0.25, -0.2) is 4.98 Å². The first-order chi connectivity index (χ1) is 11.1. The van der Waals surface area contributed by atoms with Gasteiger partial charge in [-0.1, -0.05) is 43.0 Å². The normalized spacial score (nSPS) is 11.1. The van der Waals surface area contributed by atoms with Gasteiger partial charge in [0.15, 0.2) is 5.78 Å². The van der Waals surface area contributed by atoms with Crippen molar-refractivity contribution in [3.05, 3.63) is 53.0 Å². The molecule has 2 aromatic heterocycles. The number of thioether (sulfide) groups is 1. The van der Waals surface area contributed by atoms with Crippen molar-refractivity contribution < 1.29 is 4.79 Å². The molecule has 0 radical (unpaired) electrons. The standard InChI is InChI=1S/C17H18N4OS/c1-4-13-5-7-14(8-6-13)15(22)10-23-16-9-11(2)18-17-19-12(3)20-21(16)17/h5-9H,4,10H2,1-3H3. The van der Waals surface area contributed by atoms with Gasteiger partial charge in [-0.05, 0) is 31.9 Å². The van der Waals surface area contributed by atoms with Gasteiger partial charge in [0.1, 0.15) is 10.9 Å². The van der Waals surface area contributed by atoms with E-state index in [1.165, 1.54) is 17.3 Å². The molecular formula is C17H18N4OS. The number of aryl methyl sites for hydroxylation is 3. The number of Topliss-reactive ketones (excluding diaryl/α,β-unsaturated/α-hetero) is 1. The molecule has 6 heteroatoms. The number of hydrogen-bond donors (Lipinski definition) is 0. The predicted molar refractivity (Wildman–Crippen MR) is 91.1 cm³/mol. The van der Waals surface area contributed by atoms with Gasteiger partial charge >= 0.3 is 0 Å². The maximum Gasteiger partial charge on any atom is 0.253 e. The number of ketones is 1. The quantitative estimate of drug-likeness (QED) is 0.409. The highest BCUT2D eigenvalue weighted by molar-refractivity contribution is 7.99. The number of carbonyl (C=O) groups excluding carboxylic acids is 1. The highest BCUT2D eigenvalue weighted by atomic mass is 32.2. The molecule has 0 unspecified atom stereocenters. The number of rotatable bonds is 5. The van der Waals surface area contributed by atoms with Crippen LogP contribution in [0.25, 0.3) is 5.78 Å². The molecule has 3 aromatic rings. The summed E-state index contributed by atoms with van der Waals surface area (Å²) in [5.41, 5.74) is 2.84. The van der Waals surface area contributed by atoms with Crippen LogP contribution in [-0.2, 0) is 6.42 Å². The fourth-order valence-corrected chi connectivity index (χ4v) is 3.25. The van der Waals surface area contributed by atoms with Crippen LogP contribution in [0.4, 0.5) is 0 Å². The van der Waals surface area contributed by atoms with Crippen LogP contribution in [0, 0.1) is 13.8 Å². The van der Waals surface area contributed by atoms with Crippen molar-refractivity contribution in [2.75, 3.05) is 5.75 Å². The maximum absolute atomic E-state index is 12.4. The average Bonchev–Trinajstić information content (AvgIpc) is 2.92. The molecule has 0 saturated carbocycles. The lowest BCUT2D eigenvalue weighted by Crippen LogP contribution is -2.04. The van der Waals surface area contributed by atoms with Crippen molar-refractivity contribution in [3.8, 4) is 0 Å². The lowest BCUT2D eigenvalue weighted by atomic mass is 10.1. The molecule has 1 aromatic carbocycles. The Morgan fingerprint density at radius 3 is 2.61 bits per heavy atom. The number of aromatic nitrogens is 4. The van der Waals surface area contributed by atoms with Gasteiger partial charge in [0.2, 0.25) is 0 Å². The number of nitrogens with zero attached hydrogens (tertiary/aromatic N) is 4. The Morgan fingerprint density at radius 2 is 1.91 bits per heavy atom. The van der Waals surface area contributed by atoms with Crippen molar-refractivity contribution >= 4 is 23.3 Å². The van der Waals surface area contributed by atoms with E-state index in [1.807, 2.05) is 44.2 Å². The molecule has 0 aliphatic carbocycles. The molecule has 0 atom stereocenters. The number of carbonyl (C=O) groups is 1. The average molecular weight is 326 g/mol. The van der Waals surface area contributed by atoms with Gasteiger partial charge in [0.25, 0.3) is 5.78 Å². The zero-order valence-electron chi connectivity index (χ0n) is 13.4. The van der Waals surface area contributed by atoms with E-state index >= 15 is 0 Å². The Hall–Kier alpha value is -2.21. The van der Waals surface area contributed by atoms with E-state index in [4.69, 9.17) is 0 Å². The summed E-state index contributed by atoms with van der Waals surface area (Å²) in [4.78, 5) is 21.0. The molecule has 0 bridgehead atoms. The zero-order valence-corrected chi connectivity index (χ0v) is 14.2. The summed E-state index contributed by atoms with van der Waals surface area (Å²) in [5, 5.41) is 5.22. The molecule has 118 valence electrons. The highest BCUT2D eigenvalue weighted by Gasteiger charge is 2.12. The highest BCUT2D eigenvalue weighted by Crippen LogP contribution is 2.21. The first-order valence-corrected chi connectivity index (χ1v) is 8.51. The SMILES string of the molecule is CCc1ccc(C(=O)CSc2cc(C)nc3nc(C)nn23)cc1. The van der Waals surface area contributed by atoms with Crippen molar-refractivity contribution in [2.24, 2.45) is 0 Å². The van der Waals surface area contributed by atoms with Crippen LogP contribution in [0.1, 0.15) is 34.4 Å². The summed E-state index contributed by atoms with van der Waals surface area (Å²) in [6.07, 6.45) is 0.975. The molecular weight excluding hydrogens is 308 g/mol. The van der Waals surface area contributed by atoms with Crippen molar-refractivity contribution in [2.45, 2.75) is 32.2 Å². The van der Waals surface area contributed by atoms with E-state index < -0.39 is 0 Å². The number of benzene rings is 1. The second-order valence-corrected chi connectivity index (χ2v) is 6.36. The fourth-order valence-electron chi connectivity index (χ4n) is 2.31. The Bertz CT molecular complexity index is 855. The second-order valence-electron chi connectivity index (χ2n) is 5.37. The van der Waals surface area contributed by atoms with Crippen LogP contribution >= 0.6 is 11.8 Å². The van der Waals surface area contributed by atoms with Gasteiger partial charge in [-0.3, -0.25) is 4.79 Å². The molecule has 3 rings (SSSR count). The van der Waals surface area contributed by atoms with Crippen LogP contribution in [-0.4, -0.2) is 31.1 Å². The zero-order chi connectivity index (χ0) is 16.4. The minimum atomic E-state index is 0.108. The lowest BCUT2D eigenvalue weighted by Gasteiger charge is -2.05. The van der Waals surface area contributed by atoms with Gasteiger partial charge in [0.05, 0.1) is 5.75 Å². The topological polar surface area (TPSA) is 60.2 Å². The van der Waals surface area contributed by atoms with E-state index in [9.17, 15) is 4.79 Å². The molecule has 0 amide bonds. The monoisotopic (exact) mass is 326 g/mol. The van der Waals surface area contributed by atoms with Gasteiger partial charge in [-0.15, -0.1) is 5.10 Å². The summed E-state index contributed by atoms with van der Waals surface area (Å²) in [6.45, 7) is 5.85. The van der Waals surface area contributed by atoms with Crippen LogP contribution in [0.5, 0.6) is 0 Å². The third-order valence-corrected chi connectivity index (χ3v) is 4.54. The van der Waals surface area contributed by atoms with Crippen molar-refractivity contribution in [1.82, 2.24) is 19.6 Å². The Balaban J connectivity index is 1.78. The summed E-state index contributed by atoms with van der Waals surface area (Å²) >= 11 is 1.46. The molecule has 0 aliphatic rings. The van der Waals surface area contributed by atoms with Crippen LogP contribution in [0.3, 0.4) is 0 Å². The van der Waals surface area contributed by atoms with E-state index in [-0.39, 0.29) is 5.78 Å². The third-order valence-electron chi connectivity index (χ3n) is 3.55. The van der Waals surface area contributed by atoms with Crippen molar-refractivity contribution in [3.63, 3.8) is 0 Å². The van der Waals surface area contributed by atoms with E-state index in [1.54, 1.807) is 4.52 Å². The van der Waals surface area contributed by atoms with Gasteiger partial charge in [-0.2, -0.15) is 9.50 Å². The van der Waals surface area contributed by atoms with Gasteiger partial charge in [0, 0.05) is 11.3 Å². The van der Waals surface area contributed by atoms with E-state index in [0.29, 0.717) is 17.4 Å². The molecule has 23 heavy (non-hydrogen) atoms. The maximum atomic E-state index is 12.4. The minimum Gasteiger partial charge on any atom is -0.293 e. The third kappa shape index (κ3) is 3.42. The molecule has 0 N–H and O–H groups in total. The molecule has 0 aliphatic heterocycles. The number of fused-ring (bicyclic) bond motifs is 1. The summed E-state index contributed by atoms with van der Waals surface area (Å²) in [7, 11) is 0. The predicted octanol–water partition coefficient (Wildman–Crippen LogP) is 3.28. The molecule has 5 nitrogen and oxygen atoms in total. The Morgan fingerprint density at radius 1 is 1.17 bits per heavy atom. The minimum absolute atomic E-state index is 0.108. The van der Waals surface area contributed by atoms with Crippen LogP contribution in [0.15, 0.2) is 35.4 Å². The molecule has 0 saturated heterocycles. The Kier molecular flexibility index (Phi) is 4.43. The molecule has 0 fully saturated rings. The van der Waals surface area contributed by atoms with Crippen LogP contribution < -0.4 is 0 Å². The van der Waals surface area contributed by atoms with Crippen molar-refractivity contribution in [1.29, 1.82) is 0 Å². The number of hydrogen-bond acceptors (Lipinski definition) is 5. The summed E-state index contributed by atoms with van der Waals surface area (Å²) in [6, 6.07) is 9.74. The largest absolute Gasteiger partial charge is 0.293 e. The molecule has 2 heterocycles.